The summed E-state index contributed by atoms with van der Waals surface area (Å²) in [5, 5.41) is 3.44. The number of hydrogen-bond acceptors (Lipinski definition) is 3. The van der Waals surface area contributed by atoms with Gasteiger partial charge in [0.1, 0.15) is 11.4 Å². The van der Waals surface area contributed by atoms with Crippen molar-refractivity contribution in [3.63, 3.8) is 0 Å². The molecule has 2 aliphatic carbocycles. The molecule has 0 spiro atoms. The molecule has 0 heterocycles. The maximum absolute atomic E-state index is 14.0. The Balaban J connectivity index is 1.45. The number of rotatable bonds is 8. The van der Waals surface area contributed by atoms with Crippen LogP contribution in [-0.4, -0.2) is 29.7 Å². The fourth-order valence-electron chi connectivity index (χ4n) is 4.55. The molecule has 2 aromatic rings. The topological polar surface area (TPSA) is 41.6 Å². The van der Waals surface area contributed by atoms with Gasteiger partial charge in [0, 0.05) is 42.7 Å². The normalized spacial score (nSPS) is 20.2. The van der Waals surface area contributed by atoms with Gasteiger partial charge in [0.2, 0.25) is 0 Å². The van der Waals surface area contributed by atoms with Crippen molar-refractivity contribution in [2.24, 2.45) is 5.41 Å². The van der Waals surface area contributed by atoms with Gasteiger partial charge in [-0.1, -0.05) is 55.0 Å². The Morgan fingerprint density at radius 1 is 1.15 bits per heavy atom. The first-order valence-corrected chi connectivity index (χ1v) is 11.9. The van der Waals surface area contributed by atoms with Crippen molar-refractivity contribution in [2.45, 2.75) is 64.5 Å². The van der Waals surface area contributed by atoms with Crippen LogP contribution in [0.15, 0.2) is 66.4 Å². The highest BCUT2D eigenvalue weighted by Gasteiger charge is 2.41. The van der Waals surface area contributed by atoms with Crippen molar-refractivity contribution >= 4 is 6.09 Å². The second kappa shape index (κ2) is 9.68. The zero-order chi connectivity index (χ0) is 23.5. The van der Waals surface area contributed by atoms with Gasteiger partial charge >= 0.3 is 6.09 Å². The van der Waals surface area contributed by atoms with Crippen LogP contribution in [0.5, 0.6) is 0 Å². The zero-order valence-corrected chi connectivity index (χ0v) is 19.9. The third kappa shape index (κ3) is 6.23. The summed E-state index contributed by atoms with van der Waals surface area (Å²) in [7, 11) is 0. The van der Waals surface area contributed by atoms with Crippen LogP contribution in [0.25, 0.3) is 0 Å². The molecule has 0 saturated heterocycles. The minimum Gasteiger partial charge on any atom is -0.443 e. The summed E-state index contributed by atoms with van der Waals surface area (Å²) in [6, 6.07) is 17.3. The van der Waals surface area contributed by atoms with Gasteiger partial charge in [-0.2, -0.15) is 0 Å². The molecule has 0 radical (unpaired) electrons. The number of carbonyl (C=O) groups excluding carboxylic acids is 1. The summed E-state index contributed by atoms with van der Waals surface area (Å²) in [5.41, 5.74) is 2.66. The molecule has 2 aromatic carbocycles. The monoisotopic (exact) mass is 450 g/mol. The predicted molar refractivity (Wildman–Crippen MR) is 129 cm³/mol. The Morgan fingerprint density at radius 3 is 2.48 bits per heavy atom. The van der Waals surface area contributed by atoms with E-state index in [9.17, 15) is 9.18 Å². The van der Waals surface area contributed by atoms with Crippen molar-refractivity contribution in [3.8, 4) is 0 Å². The summed E-state index contributed by atoms with van der Waals surface area (Å²) < 4.78 is 19.7. The molecular formula is C28H35FN2O2. The van der Waals surface area contributed by atoms with Crippen molar-refractivity contribution < 1.29 is 13.9 Å². The second-order valence-electron chi connectivity index (χ2n) is 10.5. The lowest BCUT2D eigenvalue weighted by atomic mass is 9.68. The van der Waals surface area contributed by atoms with Crippen LogP contribution in [-0.2, 0) is 11.3 Å². The van der Waals surface area contributed by atoms with Crippen LogP contribution >= 0.6 is 0 Å². The van der Waals surface area contributed by atoms with Gasteiger partial charge in [-0.15, -0.1) is 0 Å². The number of hydrogen-bond donors (Lipinski definition) is 1. The number of nitrogens with zero attached hydrogens (tertiary/aromatic N) is 1. The molecule has 1 unspecified atom stereocenters. The minimum absolute atomic E-state index is 0.0175. The molecule has 1 N–H and O–H groups in total. The Labute approximate surface area is 196 Å². The van der Waals surface area contributed by atoms with E-state index in [1.165, 1.54) is 17.2 Å². The Morgan fingerprint density at radius 2 is 1.85 bits per heavy atom. The van der Waals surface area contributed by atoms with E-state index in [0.717, 1.165) is 32.2 Å². The molecule has 4 nitrogen and oxygen atoms in total. The van der Waals surface area contributed by atoms with Crippen molar-refractivity contribution in [2.75, 3.05) is 13.1 Å². The molecule has 0 bridgehead atoms. The standard InChI is InChI=1S/C28H35FN2O2/c1-27(2,3)33-26(32)31(18-23-16-24(23)21-10-5-4-6-11-21)20-28(14-9-15-28)19-30-17-22-12-7-8-13-25(22)29/h4-8,10-13,18,24,30H,9,14-17,19-20H2,1-3H3. The van der Waals surface area contributed by atoms with E-state index in [2.05, 4.69) is 29.6 Å². The molecule has 0 aliphatic heterocycles. The van der Waals surface area contributed by atoms with Gasteiger partial charge < -0.3 is 10.1 Å². The summed E-state index contributed by atoms with van der Waals surface area (Å²) in [4.78, 5) is 14.9. The second-order valence-corrected chi connectivity index (χ2v) is 10.5. The highest BCUT2D eigenvalue weighted by atomic mass is 19.1. The van der Waals surface area contributed by atoms with Gasteiger partial charge in [0.25, 0.3) is 0 Å². The van der Waals surface area contributed by atoms with Gasteiger partial charge in [0.15, 0.2) is 0 Å². The molecular weight excluding hydrogens is 415 g/mol. The summed E-state index contributed by atoms with van der Waals surface area (Å²) in [6.07, 6.45) is 5.93. The largest absolute Gasteiger partial charge is 0.443 e. The Hall–Kier alpha value is -2.66. The van der Waals surface area contributed by atoms with Gasteiger partial charge in [-0.05, 0) is 57.2 Å². The predicted octanol–water partition coefficient (Wildman–Crippen LogP) is 6.39. The SMILES string of the molecule is CC(C)(C)OC(=O)N(C=C1CC1c1ccccc1)CC1(CNCc2ccccc2F)CCC1. The van der Waals surface area contributed by atoms with E-state index >= 15 is 0 Å². The van der Waals surface area contributed by atoms with Crippen LogP contribution in [0.2, 0.25) is 0 Å². The van der Waals surface area contributed by atoms with E-state index in [1.807, 2.05) is 45.2 Å². The lowest BCUT2D eigenvalue weighted by Crippen LogP contribution is -2.49. The molecule has 1 atom stereocenters. The third-order valence-electron chi connectivity index (χ3n) is 6.57. The van der Waals surface area contributed by atoms with Crippen LogP contribution in [0.4, 0.5) is 9.18 Å². The number of amides is 1. The Bertz CT molecular complexity index is 992. The Kier molecular flexibility index (Phi) is 6.89. The average molecular weight is 451 g/mol. The van der Waals surface area contributed by atoms with E-state index in [4.69, 9.17) is 4.74 Å². The molecule has 2 saturated carbocycles. The zero-order valence-electron chi connectivity index (χ0n) is 19.9. The first-order chi connectivity index (χ1) is 15.7. The molecule has 1 amide bonds. The number of nitrogens with one attached hydrogen (secondary N) is 1. The van der Waals surface area contributed by atoms with Crippen LogP contribution in [0.3, 0.4) is 0 Å². The van der Waals surface area contributed by atoms with E-state index < -0.39 is 5.60 Å². The van der Waals surface area contributed by atoms with E-state index in [-0.39, 0.29) is 17.3 Å². The fourth-order valence-corrected chi connectivity index (χ4v) is 4.55. The lowest BCUT2D eigenvalue weighted by Gasteiger charge is -2.44. The molecule has 2 fully saturated rings. The summed E-state index contributed by atoms with van der Waals surface area (Å²) in [6.45, 7) is 7.53. The molecule has 4 rings (SSSR count). The molecule has 176 valence electrons. The number of ether oxygens (including phenoxy) is 1. The smallest absolute Gasteiger partial charge is 0.414 e. The van der Waals surface area contributed by atoms with Gasteiger partial charge in [-0.25, -0.2) is 9.18 Å². The highest BCUT2D eigenvalue weighted by molar-refractivity contribution is 5.70. The quantitative estimate of drug-likeness (QED) is 0.506. The lowest BCUT2D eigenvalue weighted by molar-refractivity contribution is 0.0160. The maximum atomic E-state index is 14.0. The molecule has 33 heavy (non-hydrogen) atoms. The highest BCUT2D eigenvalue weighted by Crippen LogP contribution is 2.48. The first kappa shape index (κ1) is 23.5. The van der Waals surface area contributed by atoms with Crippen LogP contribution in [0.1, 0.15) is 63.5 Å². The summed E-state index contributed by atoms with van der Waals surface area (Å²) in [5.74, 6) is 0.195. The van der Waals surface area contributed by atoms with E-state index in [1.54, 1.807) is 11.0 Å². The van der Waals surface area contributed by atoms with Gasteiger partial charge in [-0.3, -0.25) is 4.90 Å². The minimum atomic E-state index is -0.550. The molecule has 2 aliphatic rings. The van der Waals surface area contributed by atoms with Crippen molar-refractivity contribution in [1.82, 2.24) is 10.2 Å². The molecule has 0 aromatic heterocycles. The molecule has 5 heteroatoms. The van der Waals surface area contributed by atoms with Crippen molar-refractivity contribution in [3.05, 3.63) is 83.3 Å². The van der Waals surface area contributed by atoms with Crippen LogP contribution in [0, 0.1) is 11.2 Å². The van der Waals surface area contributed by atoms with Crippen LogP contribution < -0.4 is 5.32 Å². The summed E-state index contributed by atoms with van der Waals surface area (Å²) >= 11 is 0. The number of benzene rings is 2. The van der Waals surface area contributed by atoms with Crippen molar-refractivity contribution in [1.29, 1.82) is 0 Å². The maximum Gasteiger partial charge on any atom is 0.414 e. The number of halogens is 1. The fraction of sp³-hybridized carbons (Fsp3) is 0.464. The van der Waals surface area contributed by atoms with Gasteiger partial charge in [0.05, 0.1) is 0 Å². The number of allylic oxidation sites excluding steroid dienone is 1. The van der Waals surface area contributed by atoms with E-state index in [0.29, 0.717) is 24.6 Å². The number of carbonyl (C=O) groups is 1. The average Bonchev–Trinajstić information content (AvgIpc) is 3.51. The third-order valence-corrected chi connectivity index (χ3v) is 6.57. The first-order valence-electron chi connectivity index (χ1n) is 11.9.